The third kappa shape index (κ3) is 4.24. The summed E-state index contributed by atoms with van der Waals surface area (Å²) in [6.45, 7) is 12.4. The van der Waals surface area contributed by atoms with Gasteiger partial charge in [-0.2, -0.15) is 0 Å². The molecule has 2 heterocycles. The van der Waals surface area contributed by atoms with Crippen molar-refractivity contribution in [2.45, 2.75) is 65.9 Å². The van der Waals surface area contributed by atoms with Crippen LogP contribution >= 0.6 is 0 Å². The fourth-order valence-electron chi connectivity index (χ4n) is 3.31. The molecule has 2 aliphatic rings. The van der Waals surface area contributed by atoms with Crippen LogP contribution in [0.25, 0.3) is 0 Å². The monoisotopic (exact) mass is 345 g/mol. The number of ether oxygens (including phenoxy) is 3. The van der Waals surface area contributed by atoms with Gasteiger partial charge in [0.25, 0.3) is 0 Å². The van der Waals surface area contributed by atoms with Gasteiger partial charge in [0.1, 0.15) is 6.61 Å². The van der Waals surface area contributed by atoms with E-state index in [0.717, 1.165) is 30.1 Å². The second-order valence-corrected chi connectivity index (χ2v) is 8.30. The lowest BCUT2D eigenvalue weighted by atomic mass is 9.88. The minimum absolute atomic E-state index is 0.122. The van der Waals surface area contributed by atoms with E-state index in [-0.39, 0.29) is 23.9 Å². The summed E-state index contributed by atoms with van der Waals surface area (Å²) >= 11 is 0. The van der Waals surface area contributed by atoms with E-state index in [4.69, 9.17) is 19.2 Å². The lowest BCUT2D eigenvalue weighted by Gasteiger charge is -2.35. The average molecular weight is 345 g/mol. The van der Waals surface area contributed by atoms with E-state index >= 15 is 0 Å². The maximum Gasteiger partial charge on any atom is 0.216 e. The predicted octanol–water partition coefficient (Wildman–Crippen LogP) is 4.73. The molecule has 0 aromatic heterocycles. The largest absolute Gasteiger partial charge is 0.475 e. The van der Waals surface area contributed by atoms with Crippen LogP contribution in [0.1, 0.15) is 64.9 Å². The van der Waals surface area contributed by atoms with Crippen LogP contribution < -0.4 is 0 Å². The Kier molecular flexibility index (Phi) is 5.49. The van der Waals surface area contributed by atoms with Gasteiger partial charge < -0.3 is 14.2 Å². The van der Waals surface area contributed by atoms with Crippen LogP contribution in [0.2, 0.25) is 0 Å². The van der Waals surface area contributed by atoms with Crippen molar-refractivity contribution in [1.82, 2.24) is 0 Å². The zero-order valence-corrected chi connectivity index (χ0v) is 16.1. The Hall–Kier alpha value is -1.39. The zero-order chi connectivity index (χ0) is 18.0. The Morgan fingerprint density at radius 2 is 1.84 bits per heavy atom. The first-order valence-electron chi connectivity index (χ1n) is 9.46. The number of benzene rings is 1. The van der Waals surface area contributed by atoms with Crippen molar-refractivity contribution in [3.05, 3.63) is 35.4 Å². The van der Waals surface area contributed by atoms with Gasteiger partial charge >= 0.3 is 0 Å². The molecule has 0 spiro atoms. The highest BCUT2D eigenvalue weighted by atomic mass is 16.7. The fraction of sp³-hybridized carbons (Fsp3) is 0.667. The number of hydrogen-bond acceptors (Lipinski definition) is 4. The molecule has 4 nitrogen and oxygen atoms in total. The SMILES string of the molecule is CCC[C@H]1CO[C@H](c2ccc(C3=N[C@H](C(C)(C)C)CO3)cc2)O[C@@H]1C. The second-order valence-electron chi connectivity index (χ2n) is 8.30. The van der Waals surface area contributed by atoms with Crippen LogP contribution in [0, 0.1) is 11.3 Å². The van der Waals surface area contributed by atoms with Gasteiger partial charge in [0, 0.05) is 17.0 Å². The van der Waals surface area contributed by atoms with Gasteiger partial charge in [-0.3, -0.25) is 0 Å². The number of rotatable bonds is 4. The van der Waals surface area contributed by atoms with Gasteiger partial charge in [0.05, 0.1) is 18.8 Å². The maximum atomic E-state index is 6.08. The van der Waals surface area contributed by atoms with Crippen LogP contribution in [-0.2, 0) is 14.2 Å². The van der Waals surface area contributed by atoms with Gasteiger partial charge in [-0.05, 0) is 30.9 Å². The first-order chi connectivity index (χ1) is 11.9. The van der Waals surface area contributed by atoms with Gasteiger partial charge in [-0.1, -0.05) is 46.2 Å². The number of hydrogen-bond donors (Lipinski definition) is 0. The molecule has 1 saturated heterocycles. The van der Waals surface area contributed by atoms with Crippen LogP contribution in [0.4, 0.5) is 0 Å². The Labute approximate surface area is 151 Å². The molecule has 0 unspecified atom stereocenters. The van der Waals surface area contributed by atoms with Crippen LogP contribution in [0.15, 0.2) is 29.3 Å². The first kappa shape index (κ1) is 18.4. The van der Waals surface area contributed by atoms with E-state index in [0.29, 0.717) is 12.5 Å². The highest BCUT2D eigenvalue weighted by Gasteiger charge is 2.31. The van der Waals surface area contributed by atoms with Crippen LogP contribution in [-0.4, -0.2) is 31.3 Å². The normalized spacial score (nSPS) is 30.0. The van der Waals surface area contributed by atoms with Gasteiger partial charge in [-0.15, -0.1) is 0 Å². The summed E-state index contributed by atoms with van der Waals surface area (Å²) in [7, 11) is 0. The summed E-state index contributed by atoms with van der Waals surface area (Å²) in [5, 5.41) is 0. The Morgan fingerprint density at radius 3 is 2.40 bits per heavy atom. The standard InChI is InChI=1S/C21H31NO3/c1-6-7-17-12-24-20(25-14(17)2)16-10-8-15(9-11-16)19-22-18(13-23-19)21(3,4)5/h8-11,14,17-18,20H,6-7,12-13H2,1-5H3/t14-,17+,18+,20+/m1/s1. The molecule has 0 amide bonds. The number of nitrogens with zero attached hydrogens (tertiary/aromatic N) is 1. The fourth-order valence-corrected chi connectivity index (χ4v) is 3.31. The Balaban J connectivity index is 1.65. The molecule has 0 radical (unpaired) electrons. The van der Waals surface area contributed by atoms with E-state index in [1.165, 1.54) is 6.42 Å². The molecule has 0 N–H and O–H groups in total. The average Bonchev–Trinajstić information content (AvgIpc) is 3.07. The van der Waals surface area contributed by atoms with Crippen molar-refractivity contribution in [3.63, 3.8) is 0 Å². The minimum Gasteiger partial charge on any atom is -0.475 e. The van der Waals surface area contributed by atoms with Crippen molar-refractivity contribution in [1.29, 1.82) is 0 Å². The molecule has 0 aliphatic carbocycles. The van der Waals surface area contributed by atoms with Crippen molar-refractivity contribution < 1.29 is 14.2 Å². The van der Waals surface area contributed by atoms with Crippen LogP contribution in [0.3, 0.4) is 0 Å². The molecular weight excluding hydrogens is 314 g/mol. The molecule has 2 aliphatic heterocycles. The highest BCUT2D eigenvalue weighted by Crippen LogP contribution is 2.32. The summed E-state index contributed by atoms with van der Waals surface area (Å²) in [5.41, 5.74) is 2.19. The molecule has 138 valence electrons. The lowest BCUT2D eigenvalue weighted by Crippen LogP contribution is -2.34. The highest BCUT2D eigenvalue weighted by molar-refractivity contribution is 5.95. The van der Waals surface area contributed by atoms with E-state index < -0.39 is 0 Å². The first-order valence-corrected chi connectivity index (χ1v) is 9.46. The van der Waals surface area contributed by atoms with Gasteiger partial charge in [-0.25, -0.2) is 4.99 Å². The van der Waals surface area contributed by atoms with E-state index in [1.807, 2.05) is 0 Å². The molecule has 4 atom stereocenters. The molecule has 4 heteroatoms. The summed E-state index contributed by atoms with van der Waals surface area (Å²) in [4.78, 5) is 4.75. The van der Waals surface area contributed by atoms with Crippen LogP contribution in [0.5, 0.6) is 0 Å². The topological polar surface area (TPSA) is 40.0 Å². The zero-order valence-electron chi connectivity index (χ0n) is 16.1. The second kappa shape index (κ2) is 7.46. The third-order valence-electron chi connectivity index (χ3n) is 5.20. The maximum absolute atomic E-state index is 6.08. The molecule has 25 heavy (non-hydrogen) atoms. The van der Waals surface area contributed by atoms with E-state index in [2.05, 4.69) is 58.9 Å². The van der Waals surface area contributed by atoms with Crippen molar-refractivity contribution >= 4 is 5.90 Å². The van der Waals surface area contributed by atoms with Gasteiger partial charge in [0.2, 0.25) is 5.90 Å². The van der Waals surface area contributed by atoms with E-state index in [1.54, 1.807) is 0 Å². The molecule has 1 aromatic rings. The summed E-state index contributed by atoms with van der Waals surface area (Å²) < 4.78 is 17.8. The smallest absolute Gasteiger partial charge is 0.216 e. The summed E-state index contributed by atoms with van der Waals surface area (Å²) in [5.74, 6) is 1.24. The molecule has 3 rings (SSSR count). The Morgan fingerprint density at radius 1 is 1.12 bits per heavy atom. The lowest BCUT2D eigenvalue weighted by molar-refractivity contribution is -0.237. The molecule has 0 bridgehead atoms. The van der Waals surface area contributed by atoms with Gasteiger partial charge in [0.15, 0.2) is 6.29 Å². The predicted molar refractivity (Wildman–Crippen MR) is 99.8 cm³/mol. The molecule has 1 fully saturated rings. The van der Waals surface area contributed by atoms with Crippen molar-refractivity contribution in [2.75, 3.05) is 13.2 Å². The Bertz CT molecular complexity index is 603. The third-order valence-corrected chi connectivity index (χ3v) is 5.20. The molecule has 1 aromatic carbocycles. The van der Waals surface area contributed by atoms with Crippen molar-refractivity contribution in [3.8, 4) is 0 Å². The number of aliphatic imine (C=N–C) groups is 1. The molecule has 0 saturated carbocycles. The summed E-state index contributed by atoms with van der Waals surface area (Å²) in [6, 6.07) is 8.43. The van der Waals surface area contributed by atoms with Crippen molar-refractivity contribution in [2.24, 2.45) is 16.3 Å². The minimum atomic E-state index is -0.272. The summed E-state index contributed by atoms with van der Waals surface area (Å²) in [6.07, 6.45) is 2.27. The van der Waals surface area contributed by atoms with E-state index in [9.17, 15) is 0 Å². The quantitative estimate of drug-likeness (QED) is 0.792. The molecular formula is C21H31NO3.